The van der Waals surface area contributed by atoms with Crippen LogP contribution in [-0.4, -0.2) is 5.11 Å². The van der Waals surface area contributed by atoms with E-state index in [4.69, 9.17) is 17.5 Å². The molecule has 5 heteroatoms. The molecule has 3 nitrogen and oxygen atoms in total. The number of halogens is 1. The van der Waals surface area contributed by atoms with Gasteiger partial charge in [-0.15, -0.1) is 0 Å². The van der Waals surface area contributed by atoms with E-state index in [1.807, 2.05) is 6.07 Å². The minimum atomic E-state index is -0.249. The number of nitrogens with one attached hydrogen (secondary N) is 2. The molecule has 0 bridgehead atoms. The van der Waals surface area contributed by atoms with E-state index in [9.17, 15) is 4.39 Å². The second-order valence-corrected chi connectivity index (χ2v) is 4.64. The topological polar surface area (TPSA) is 47.8 Å². The molecule has 0 aromatic heterocycles. The van der Waals surface area contributed by atoms with E-state index in [0.717, 1.165) is 11.4 Å². The SMILES string of the molecule is Cc1cc(NC(=S)Nc2ccc(C#N)cc2)ccc1F. The lowest BCUT2D eigenvalue weighted by Gasteiger charge is -2.11. The van der Waals surface area contributed by atoms with Gasteiger partial charge in [-0.25, -0.2) is 4.39 Å². The van der Waals surface area contributed by atoms with Crippen molar-refractivity contribution < 1.29 is 4.39 Å². The van der Waals surface area contributed by atoms with E-state index < -0.39 is 0 Å². The lowest BCUT2D eigenvalue weighted by atomic mass is 10.2. The Labute approximate surface area is 122 Å². The van der Waals surface area contributed by atoms with Crippen LogP contribution in [0.1, 0.15) is 11.1 Å². The van der Waals surface area contributed by atoms with E-state index in [2.05, 4.69) is 10.6 Å². The van der Waals surface area contributed by atoms with Gasteiger partial charge in [0, 0.05) is 11.4 Å². The van der Waals surface area contributed by atoms with Crippen LogP contribution in [0.4, 0.5) is 15.8 Å². The average molecular weight is 285 g/mol. The second kappa shape index (κ2) is 6.13. The molecule has 0 heterocycles. The molecule has 0 aliphatic heterocycles. The van der Waals surface area contributed by atoms with Crippen molar-refractivity contribution in [3.05, 3.63) is 59.4 Å². The zero-order valence-corrected chi connectivity index (χ0v) is 11.6. The average Bonchev–Trinajstić information content (AvgIpc) is 2.44. The number of hydrogen-bond acceptors (Lipinski definition) is 2. The van der Waals surface area contributed by atoms with Crippen molar-refractivity contribution in [3.63, 3.8) is 0 Å². The smallest absolute Gasteiger partial charge is 0.175 e. The Balaban J connectivity index is 2.01. The van der Waals surface area contributed by atoms with Crippen molar-refractivity contribution in [2.24, 2.45) is 0 Å². The number of rotatable bonds is 2. The van der Waals surface area contributed by atoms with Crippen LogP contribution < -0.4 is 10.6 Å². The summed E-state index contributed by atoms with van der Waals surface area (Å²) in [4.78, 5) is 0. The van der Waals surface area contributed by atoms with E-state index in [1.54, 1.807) is 43.3 Å². The van der Waals surface area contributed by atoms with Crippen LogP contribution in [0.25, 0.3) is 0 Å². The highest BCUT2D eigenvalue weighted by molar-refractivity contribution is 7.80. The molecule has 0 fully saturated rings. The van der Waals surface area contributed by atoms with Crippen molar-refractivity contribution >= 4 is 28.7 Å². The molecule has 100 valence electrons. The lowest BCUT2D eigenvalue weighted by Crippen LogP contribution is -2.19. The zero-order valence-electron chi connectivity index (χ0n) is 10.8. The zero-order chi connectivity index (χ0) is 14.5. The summed E-state index contributed by atoms with van der Waals surface area (Å²) in [5.41, 5.74) is 2.63. The van der Waals surface area contributed by atoms with Crippen LogP contribution in [-0.2, 0) is 0 Å². The molecule has 2 aromatic rings. The number of benzene rings is 2. The first-order chi connectivity index (χ1) is 9.58. The molecular weight excluding hydrogens is 273 g/mol. The van der Waals surface area contributed by atoms with E-state index in [1.165, 1.54) is 6.07 Å². The normalized spacial score (nSPS) is 9.65. The maximum Gasteiger partial charge on any atom is 0.175 e. The summed E-state index contributed by atoms with van der Waals surface area (Å²) in [6.07, 6.45) is 0. The minimum absolute atomic E-state index is 0.249. The van der Waals surface area contributed by atoms with Gasteiger partial charge in [0.1, 0.15) is 5.82 Å². The number of anilines is 2. The molecule has 0 amide bonds. The van der Waals surface area contributed by atoms with Crippen LogP contribution in [0.3, 0.4) is 0 Å². The standard InChI is InChI=1S/C15H12FN3S/c1-10-8-13(6-7-14(10)16)19-15(20)18-12-4-2-11(9-17)3-5-12/h2-8H,1H3,(H2,18,19,20). The predicted octanol–water partition coefficient (Wildman–Crippen LogP) is 3.81. The van der Waals surface area contributed by atoms with E-state index in [0.29, 0.717) is 16.2 Å². The largest absolute Gasteiger partial charge is 0.332 e. The Bertz CT molecular complexity index is 675. The molecule has 0 aliphatic rings. The number of hydrogen-bond donors (Lipinski definition) is 2. The third-order valence-electron chi connectivity index (χ3n) is 2.69. The summed E-state index contributed by atoms with van der Waals surface area (Å²) in [6, 6.07) is 13.7. The monoisotopic (exact) mass is 285 g/mol. The molecule has 20 heavy (non-hydrogen) atoms. The van der Waals surface area contributed by atoms with Gasteiger partial charge < -0.3 is 10.6 Å². The van der Waals surface area contributed by atoms with Gasteiger partial charge >= 0.3 is 0 Å². The van der Waals surface area contributed by atoms with Crippen LogP contribution in [0.5, 0.6) is 0 Å². The van der Waals surface area contributed by atoms with Crippen molar-refractivity contribution in [1.29, 1.82) is 5.26 Å². The maximum absolute atomic E-state index is 13.2. The molecule has 0 saturated carbocycles. The minimum Gasteiger partial charge on any atom is -0.332 e. The molecule has 0 unspecified atom stereocenters. The van der Waals surface area contributed by atoms with Gasteiger partial charge in [-0.2, -0.15) is 5.26 Å². The van der Waals surface area contributed by atoms with Gasteiger partial charge in [-0.1, -0.05) is 0 Å². The fourth-order valence-electron chi connectivity index (χ4n) is 1.64. The summed E-state index contributed by atoms with van der Waals surface area (Å²) in [6.45, 7) is 1.69. The van der Waals surface area contributed by atoms with Crippen molar-refractivity contribution in [1.82, 2.24) is 0 Å². The summed E-state index contributed by atoms with van der Waals surface area (Å²) in [7, 11) is 0. The van der Waals surface area contributed by atoms with Crippen molar-refractivity contribution in [2.75, 3.05) is 10.6 Å². The molecule has 2 aromatic carbocycles. The van der Waals surface area contributed by atoms with Gasteiger partial charge in [0.2, 0.25) is 0 Å². The molecule has 0 radical (unpaired) electrons. The molecule has 0 atom stereocenters. The molecular formula is C15H12FN3S. The van der Waals surface area contributed by atoms with E-state index >= 15 is 0 Å². The van der Waals surface area contributed by atoms with Crippen molar-refractivity contribution in [2.45, 2.75) is 6.92 Å². The van der Waals surface area contributed by atoms with E-state index in [-0.39, 0.29) is 5.82 Å². The second-order valence-electron chi connectivity index (χ2n) is 4.23. The fraction of sp³-hybridized carbons (Fsp3) is 0.0667. The Morgan fingerprint density at radius 2 is 1.70 bits per heavy atom. The highest BCUT2D eigenvalue weighted by atomic mass is 32.1. The predicted molar refractivity (Wildman–Crippen MR) is 82.1 cm³/mol. The molecule has 0 saturated heterocycles. The van der Waals surface area contributed by atoms with Crippen LogP contribution >= 0.6 is 12.2 Å². The van der Waals surface area contributed by atoms with Crippen LogP contribution in [0.2, 0.25) is 0 Å². The first-order valence-electron chi connectivity index (χ1n) is 5.93. The van der Waals surface area contributed by atoms with Gasteiger partial charge in [-0.05, 0) is 67.2 Å². The lowest BCUT2D eigenvalue weighted by molar-refractivity contribution is 0.619. The Hall–Kier alpha value is -2.45. The first-order valence-corrected chi connectivity index (χ1v) is 6.33. The quantitative estimate of drug-likeness (QED) is 0.824. The van der Waals surface area contributed by atoms with Crippen molar-refractivity contribution in [3.8, 4) is 6.07 Å². The fourth-order valence-corrected chi connectivity index (χ4v) is 1.88. The highest BCUT2D eigenvalue weighted by Gasteiger charge is 2.02. The number of thiocarbonyl (C=S) groups is 1. The summed E-state index contributed by atoms with van der Waals surface area (Å²) in [5, 5.41) is 15.1. The van der Waals surface area contributed by atoms with Gasteiger partial charge in [-0.3, -0.25) is 0 Å². The molecule has 2 rings (SSSR count). The molecule has 0 aliphatic carbocycles. The summed E-state index contributed by atoms with van der Waals surface area (Å²) < 4.78 is 13.2. The summed E-state index contributed by atoms with van der Waals surface area (Å²) >= 11 is 5.17. The third-order valence-corrected chi connectivity index (χ3v) is 2.89. The van der Waals surface area contributed by atoms with Crippen LogP contribution in [0, 0.1) is 24.1 Å². The van der Waals surface area contributed by atoms with Crippen LogP contribution in [0.15, 0.2) is 42.5 Å². The van der Waals surface area contributed by atoms with Gasteiger partial charge in [0.05, 0.1) is 11.6 Å². The first kappa shape index (κ1) is 14.0. The Morgan fingerprint density at radius 1 is 1.10 bits per heavy atom. The number of aryl methyl sites for hydroxylation is 1. The highest BCUT2D eigenvalue weighted by Crippen LogP contribution is 2.15. The van der Waals surface area contributed by atoms with Gasteiger partial charge in [0.25, 0.3) is 0 Å². The molecule has 2 N–H and O–H groups in total. The third kappa shape index (κ3) is 3.53. The summed E-state index contributed by atoms with van der Waals surface area (Å²) in [5.74, 6) is -0.249. The number of nitrogens with zero attached hydrogens (tertiary/aromatic N) is 1. The Morgan fingerprint density at radius 3 is 2.30 bits per heavy atom. The Kier molecular flexibility index (Phi) is 4.28. The molecule has 0 spiro atoms. The van der Waals surface area contributed by atoms with Gasteiger partial charge in [0.15, 0.2) is 5.11 Å². The maximum atomic E-state index is 13.2. The number of nitriles is 1.